The number of piperazine rings is 1. The van der Waals surface area contributed by atoms with Gasteiger partial charge in [-0.15, -0.1) is 12.4 Å². The summed E-state index contributed by atoms with van der Waals surface area (Å²) in [4.78, 5) is 28.0. The number of hydrogen-bond acceptors (Lipinski definition) is 5. The van der Waals surface area contributed by atoms with E-state index in [0.717, 1.165) is 31.9 Å². The van der Waals surface area contributed by atoms with Crippen LogP contribution < -0.4 is 26.8 Å². The Balaban J connectivity index is 0.00000288. The maximum Gasteiger partial charge on any atom is 0.319 e. The first-order valence-electron chi connectivity index (χ1n) is 7.68. The predicted octanol–water partition coefficient (Wildman–Crippen LogP) is 0.605. The molecule has 0 unspecified atom stereocenters. The first kappa shape index (κ1) is 20.0. The highest BCUT2D eigenvalue weighted by Gasteiger charge is 2.19. The molecule has 0 atom stereocenters. The molecule has 1 aliphatic rings. The van der Waals surface area contributed by atoms with Crippen molar-refractivity contribution in [2.24, 2.45) is 5.84 Å². The summed E-state index contributed by atoms with van der Waals surface area (Å²) in [6.45, 7) is 5.91. The van der Waals surface area contributed by atoms with Gasteiger partial charge in [0.25, 0.3) is 5.91 Å². The standard InChI is InChI=1S/C15H24N6O2.ClH/c1-3-17-15(23)18-12-5-4-11(14(22)19-16)10-13(12)21-8-6-20(2)7-9-21;/h4-5,10H,3,6-9,16H2,1-2H3,(H,19,22)(H2,17,18,23);1H. The Morgan fingerprint density at radius 2 is 1.88 bits per heavy atom. The van der Waals surface area contributed by atoms with Crippen molar-refractivity contribution in [3.8, 4) is 0 Å². The molecule has 0 aromatic heterocycles. The quantitative estimate of drug-likeness (QED) is 0.359. The zero-order valence-corrected chi connectivity index (χ0v) is 14.8. The van der Waals surface area contributed by atoms with Gasteiger partial charge in [-0.1, -0.05) is 0 Å². The van der Waals surface area contributed by atoms with Crippen molar-refractivity contribution in [1.29, 1.82) is 0 Å². The minimum absolute atomic E-state index is 0. The van der Waals surface area contributed by atoms with Gasteiger partial charge in [-0.05, 0) is 32.2 Å². The Kier molecular flexibility index (Phi) is 7.76. The predicted molar refractivity (Wildman–Crippen MR) is 97.7 cm³/mol. The topological polar surface area (TPSA) is 103 Å². The van der Waals surface area contributed by atoms with Gasteiger partial charge < -0.3 is 20.4 Å². The van der Waals surface area contributed by atoms with Crippen LogP contribution >= 0.6 is 12.4 Å². The molecule has 1 saturated heterocycles. The zero-order valence-electron chi connectivity index (χ0n) is 14.0. The van der Waals surface area contributed by atoms with Crippen LogP contribution in [0.15, 0.2) is 18.2 Å². The molecular weight excluding hydrogens is 332 g/mol. The number of benzene rings is 1. The van der Waals surface area contributed by atoms with Crippen molar-refractivity contribution in [2.45, 2.75) is 6.92 Å². The highest BCUT2D eigenvalue weighted by Crippen LogP contribution is 2.28. The van der Waals surface area contributed by atoms with E-state index < -0.39 is 0 Å². The molecule has 0 spiro atoms. The smallest absolute Gasteiger partial charge is 0.319 e. The number of halogens is 1. The number of nitrogens with one attached hydrogen (secondary N) is 3. The fourth-order valence-electron chi connectivity index (χ4n) is 2.50. The number of urea groups is 1. The van der Waals surface area contributed by atoms with Crippen LogP contribution in [-0.2, 0) is 0 Å². The van der Waals surface area contributed by atoms with Gasteiger partial charge in [-0.2, -0.15) is 0 Å². The first-order chi connectivity index (χ1) is 11.0. The molecule has 0 aliphatic carbocycles. The molecule has 9 heteroatoms. The van der Waals surface area contributed by atoms with E-state index >= 15 is 0 Å². The van der Waals surface area contributed by atoms with Crippen LogP contribution in [0.1, 0.15) is 17.3 Å². The third kappa shape index (κ3) is 4.98. The molecule has 3 amide bonds. The summed E-state index contributed by atoms with van der Waals surface area (Å²) >= 11 is 0. The summed E-state index contributed by atoms with van der Waals surface area (Å²) in [7, 11) is 2.07. The number of nitrogens with two attached hydrogens (primary N) is 1. The number of carbonyl (C=O) groups is 2. The summed E-state index contributed by atoms with van der Waals surface area (Å²) in [6.07, 6.45) is 0. The summed E-state index contributed by atoms with van der Waals surface area (Å²) in [5.74, 6) is 4.85. The van der Waals surface area contributed by atoms with Crippen LogP contribution in [0.5, 0.6) is 0 Å². The molecular formula is C15H25ClN6O2. The summed E-state index contributed by atoms with van der Waals surface area (Å²) in [5, 5.41) is 5.54. The second-order valence-corrected chi connectivity index (χ2v) is 5.48. The Labute approximate surface area is 148 Å². The summed E-state index contributed by atoms with van der Waals surface area (Å²) < 4.78 is 0. The van der Waals surface area contributed by atoms with E-state index in [2.05, 4.69) is 32.9 Å². The van der Waals surface area contributed by atoms with Crippen molar-refractivity contribution in [3.63, 3.8) is 0 Å². The number of carbonyl (C=O) groups excluding carboxylic acids is 2. The molecule has 0 saturated carbocycles. The summed E-state index contributed by atoms with van der Waals surface area (Å²) in [6, 6.07) is 4.87. The molecule has 2 rings (SSSR count). The van der Waals surface area contributed by atoms with Gasteiger partial charge in [0.15, 0.2) is 0 Å². The number of amides is 3. The molecule has 5 N–H and O–H groups in total. The number of rotatable bonds is 4. The van der Waals surface area contributed by atoms with Gasteiger partial charge in [0, 0.05) is 38.3 Å². The Hall–Kier alpha value is -2.03. The normalized spacial score (nSPS) is 14.5. The number of anilines is 2. The molecule has 134 valence electrons. The minimum atomic E-state index is -0.357. The van der Waals surface area contributed by atoms with Gasteiger partial charge in [-0.3, -0.25) is 10.2 Å². The highest BCUT2D eigenvalue weighted by molar-refractivity contribution is 5.98. The maximum atomic E-state index is 11.8. The van der Waals surface area contributed by atoms with Crippen molar-refractivity contribution in [1.82, 2.24) is 15.6 Å². The average molecular weight is 357 g/mol. The third-order valence-electron chi connectivity index (χ3n) is 3.82. The SMILES string of the molecule is CCNC(=O)Nc1ccc(C(=O)NN)cc1N1CCN(C)CC1.Cl. The van der Waals surface area contributed by atoms with Crippen LogP contribution in [0.2, 0.25) is 0 Å². The zero-order chi connectivity index (χ0) is 16.8. The van der Waals surface area contributed by atoms with Gasteiger partial charge in [0.1, 0.15) is 0 Å². The lowest BCUT2D eigenvalue weighted by Crippen LogP contribution is -2.45. The van der Waals surface area contributed by atoms with Crippen molar-refractivity contribution in [3.05, 3.63) is 23.8 Å². The Morgan fingerprint density at radius 1 is 1.21 bits per heavy atom. The maximum absolute atomic E-state index is 11.8. The summed E-state index contributed by atoms with van der Waals surface area (Å²) in [5.41, 5.74) is 4.09. The molecule has 0 bridgehead atoms. The fraction of sp³-hybridized carbons (Fsp3) is 0.467. The Bertz CT molecular complexity index is 575. The Morgan fingerprint density at radius 3 is 2.46 bits per heavy atom. The highest BCUT2D eigenvalue weighted by atomic mass is 35.5. The van der Waals surface area contributed by atoms with E-state index in [9.17, 15) is 9.59 Å². The van der Waals surface area contributed by atoms with Crippen LogP contribution in [0.4, 0.5) is 16.2 Å². The fourth-order valence-corrected chi connectivity index (χ4v) is 2.50. The van der Waals surface area contributed by atoms with E-state index in [-0.39, 0.29) is 24.3 Å². The number of nitrogen functional groups attached to an aromatic ring is 1. The van der Waals surface area contributed by atoms with Gasteiger partial charge >= 0.3 is 6.03 Å². The van der Waals surface area contributed by atoms with Crippen LogP contribution in [0, 0.1) is 0 Å². The molecule has 8 nitrogen and oxygen atoms in total. The lowest BCUT2D eigenvalue weighted by atomic mass is 10.1. The van der Waals surface area contributed by atoms with E-state index in [1.807, 2.05) is 6.92 Å². The lowest BCUT2D eigenvalue weighted by molar-refractivity contribution is 0.0953. The van der Waals surface area contributed by atoms with Crippen LogP contribution in [0.3, 0.4) is 0 Å². The minimum Gasteiger partial charge on any atom is -0.367 e. The van der Waals surface area contributed by atoms with Crippen molar-refractivity contribution >= 4 is 35.7 Å². The first-order valence-corrected chi connectivity index (χ1v) is 7.68. The van der Waals surface area contributed by atoms with E-state index in [1.54, 1.807) is 18.2 Å². The molecule has 1 fully saturated rings. The number of nitrogens with zero attached hydrogens (tertiary/aromatic N) is 2. The second kappa shape index (κ2) is 9.31. The molecule has 1 aromatic rings. The van der Waals surface area contributed by atoms with Crippen LogP contribution in [0.25, 0.3) is 0 Å². The van der Waals surface area contributed by atoms with E-state index in [1.165, 1.54) is 0 Å². The number of likely N-dealkylation sites (N-methyl/N-ethyl adjacent to an activating group) is 1. The van der Waals surface area contributed by atoms with Gasteiger partial charge in [0.2, 0.25) is 0 Å². The third-order valence-corrected chi connectivity index (χ3v) is 3.82. The number of hydrazine groups is 1. The molecule has 1 heterocycles. The molecule has 24 heavy (non-hydrogen) atoms. The molecule has 0 radical (unpaired) electrons. The van der Waals surface area contributed by atoms with E-state index in [0.29, 0.717) is 17.8 Å². The van der Waals surface area contributed by atoms with Crippen molar-refractivity contribution in [2.75, 3.05) is 50.0 Å². The average Bonchev–Trinajstić information content (AvgIpc) is 2.55. The van der Waals surface area contributed by atoms with Gasteiger partial charge in [0.05, 0.1) is 11.4 Å². The van der Waals surface area contributed by atoms with Gasteiger partial charge in [-0.25, -0.2) is 10.6 Å². The van der Waals surface area contributed by atoms with E-state index in [4.69, 9.17) is 5.84 Å². The number of hydrogen-bond donors (Lipinski definition) is 4. The van der Waals surface area contributed by atoms with Crippen molar-refractivity contribution < 1.29 is 9.59 Å². The largest absolute Gasteiger partial charge is 0.367 e. The molecule has 1 aliphatic heterocycles. The second-order valence-electron chi connectivity index (χ2n) is 5.48. The molecule has 1 aromatic carbocycles. The monoisotopic (exact) mass is 356 g/mol. The van der Waals surface area contributed by atoms with Crippen LogP contribution in [-0.4, -0.2) is 56.6 Å². The lowest BCUT2D eigenvalue weighted by Gasteiger charge is -2.35.